The van der Waals surface area contributed by atoms with Crippen LogP contribution in [0.2, 0.25) is 0 Å². The first kappa shape index (κ1) is 17.0. The van der Waals surface area contributed by atoms with Gasteiger partial charge in [-0.3, -0.25) is 0 Å². The summed E-state index contributed by atoms with van der Waals surface area (Å²) in [6.07, 6.45) is 0. The average molecular weight is 361 g/mol. The van der Waals surface area contributed by atoms with E-state index in [1.165, 1.54) is 6.07 Å². The van der Waals surface area contributed by atoms with Crippen molar-refractivity contribution in [2.45, 2.75) is 13.2 Å². The maximum Gasteiger partial charge on any atom is 0.129 e. The minimum Gasteiger partial charge on any atom is -0.488 e. The molecule has 1 N–H and O–H groups in total. The summed E-state index contributed by atoms with van der Waals surface area (Å²) in [6.45, 7) is 0.928. The van der Waals surface area contributed by atoms with Crippen molar-refractivity contribution >= 4 is 28.3 Å². The third-order valence-electron chi connectivity index (χ3n) is 2.73. The molecule has 2 rings (SSSR count). The molecule has 0 unspecified atom stereocenters. The van der Waals surface area contributed by atoms with E-state index in [9.17, 15) is 4.39 Å². The third kappa shape index (κ3) is 4.47. The number of ether oxygens (including phenoxy) is 1. The zero-order chi connectivity index (χ0) is 13.7. The van der Waals surface area contributed by atoms with Gasteiger partial charge in [-0.15, -0.1) is 12.4 Å². The van der Waals surface area contributed by atoms with Gasteiger partial charge in [-0.2, -0.15) is 0 Å². The molecule has 0 aliphatic rings. The molecule has 0 aliphatic carbocycles. The lowest BCUT2D eigenvalue weighted by atomic mass is 10.2. The first-order valence-electron chi connectivity index (χ1n) is 6.00. The van der Waals surface area contributed by atoms with Crippen LogP contribution in [0.5, 0.6) is 5.75 Å². The highest BCUT2D eigenvalue weighted by Gasteiger charge is 2.06. The van der Waals surface area contributed by atoms with Gasteiger partial charge in [-0.25, -0.2) is 4.39 Å². The first-order valence-corrected chi connectivity index (χ1v) is 6.79. The molecule has 0 atom stereocenters. The molecule has 0 radical (unpaired) electrons. The second-order valence-corrected chi connectivity index (χ2v) is 5.08. The zero-order valence-electron chi connectivity index (χ0n) is 11.0. The maximum absolute atomic E-state index is 13.5. The first-order chi connectivity index (χ1) is 9.20. The molecule has 20 heavy (non-hydrogen) atoms. The Kier molecular flexibility index (Phi) is 6.99. The van der Waals surface area contributed by atoms with Crippen LogP contribution in [0.25, 0.3) is 0 Å². The lowest BCUT2D eigenvalue weighted by Crippen LogP contribution is -2.08. The van der Waals surface area contributed by atoms with Gasteiger partial charge in [-0.05, 0) is 31.3 Å². The van der Waals surface area contributed by atoms with E-state index in [0.29, 0.717) is 12.1 Å². The predicted molar refractivity (Wildman–Crippen MR) is 84.9 cm³/mol. The standard InChI is InChI=1S/C15H15BrFNO.ClH/c1-18-9-12-8-13(16)6-7-15(12)19-10-11-4-2-3-5-14(11)17;/h2-8,18H,9-10H2,1H3;1H. The van der Waals surface area contributed by atoms with E-state index in [0.717, 1.165) is 15.8 Å². The average Bonchev–Trinajstić information content (AvgIpc) is 2.40. The molecule has 0 aliphatic heterocycles. The zero-order valence-corrected chi connectivity index (χ0v) is 13.4. The Morgan fingerprint density at radius 3 is 2.60 bits per heavy atom. The number of rotatable bonds is 5. The molecule has 108 valence electrons. The van der Waals surface area contributed by atoms with Gasteiger partial charge in [0.25, 0.3) is 0 Å². The van der Waals surface area contributed by atoms with Crippen molar-refractivity contribution in [3.63, 3.8) is 0 Å². The van der Waals surface area contributed by atoms with E-state index in [1.54, 1.807) is 18.2 Å². The van der Waals surface area contributed by atoms with E-state index in [-0.39, 0.29) is 24.8 Å². The second kappa shape index (κ2) is 8.25. The Morgan fingerprint density at radius 1 is 1.15 bits per heavy atom. The SMILES string of the molecule is CNCc1cc(Br)ccc1OCc1ccccc1F.Cl. The monoisotopic (exact) mass is 359 g/mol. The van der Waals surface area contributed by atoms with Gasteiger partial charge in [0.05, 0.1) is 0 Å². The Labute approximate surface area is 132 Å². The fraction of sp³-hybridized carbons (Fsp3) is 0.200. The molecule has 0 fully saturated rings. The van der Waals surface area contributed by atoms with Crippen molar-refractivity contribution < 1.29 is 9.13 Å². The fourth-order valence-electron chi connectivity index (χ4n) is 1.79. The number of halogens is 3. The van der Waals surface area contributed by atoms with Crippen LogP contribution in [0, 0.1) is 5.82 Å². The summed E-state index contributed by atoms with van der Waals surface area (Å²) in [5, 5.41) is 3.09. The smallest absolute Gasteiger partial charge is 0.129 e. The van der Waals surface area contributed by atoms with E-state index in [2.05, 4.69) is 21.2 Å². The summed E-state index contributed by atoms with van der Waals surface area (Å²) < 4.78 is 20.2. The lowest BCUT2D eigenvalue weighted by Gasteiger charge is -2.12. The molecular weight excluding hydrogens is 345 g/mol. The van der Waals surface area contributed by atoms with E-state index in [1.807, 2.05) is 25.2 Å². The summed E-state index contributed by atoms with van der Waals surface area (Å²) in [6, 6.07) is 12.4. The molecule has 5 heteroatoms. The molecule has 0 saturated carbocycles. The molecule has 2 nitrogen and oxygen atoms in total. The van der Waals surface area contributed by atoms with E-state index >= 15 is 0 Å². The fourth-order valence-corrected chi connectivity index (χ4v) is 2.20. The maximum atomic E-state index is 13.5. The van der Waals surface area contributed by atoms with Crippen molar-refractivity contribution in [3.8, 4) is 5.75 Å². The van der Waals surface area contributed by atoms with Gasteiger partial charge < -0.3 is 10.1 Å². The summed E-state index contributed by atoms with van der Waals surface area (Å²) in [5.74, 6) is 0.524. The van der Waals surface area contributed by atoms with Gasteiger partial charge in [-0.1, -0.05) is 34.1 Å². The lowest BCUT2D eigenvalue weighted by molar-refractivity contribution is 0.296. The summed E-state index contributed by atoms with van der Waals surface area (Å²) in [5.41, 5.74) is 1.59. The highest BCUT2D eigenvalue weighted by atomic mass is 79.9. The number of hydrogen-bond acceptors (Lipinski definition) is 2. The summed E-state index contributed by atoms with van der Waals surface area (Å²) in [4.78, 5) is 0. The predicted octanol–water partition coefficient (Wildman–Crippen LogP) is 4.31. The van der Waals surface area contributed by atoms with Crippen LogP contribution >= 0.6 is 28.3 Å². The minimum atomic E-state index is -0.241. The van der Waals surface area contributed by atoms with Gasteiger partial charge in [0.1, 0.15) is 18.2 Å². The molecule has 0 heterocycles. The normalized spacial score (nSPS) is 9.95. The van der Waals surface area contributed by atoms with Crippen LogP contribution in [0.15, 0.2) is 46.9 Å². The molecule has 2 aromatic rings. The quantitative estimate of drug-likeness (QED) is 0.858. The molecule has 0 amide bonds. The highest BCUT2D eigenvalue weighted by Crippen LogP contribution is 2.24. The Hall–Kier alpha value is -1.10. The number of hydrogen-bond donors (Lipinski definition) is 1. The van der Waals surface area contributed by atoms with Crippen LogP contribution in [0.4, 0.5) is 4.39 Å². The van der Waals surface area contributed by atoms with Gasteiger partial charge in [0, 0.05) is 22.1 Å². The Bertz CT molecular complexity index is 565. The van der Waals surface area contributed by atoms with Crippen LogP contribution in [0.3, 0.4) is 0 Å². The van der Waals surface area contributed by atoms with Crippen LogP contribution in [-0.4, -0.2) is 7.05 Å². The van der Waals surface area contributed by atoms with Crippen molar-refractivity contribution in [2.24, 2.45) is 0 Å². The Morgan fingerprint density at radius 2 is 1.90 bits per heavy atom. The summed E-state index contributed by atoms with van der Waals surface area (Å²) in [7, 11) is 1.88. The minimum absolute atomic E-state index is 0. The van der Waals surface area contributed by atoms with Gasteiger partial charge in [0.2, 0.25) is 0 Å². The van der Waals surface area contributed by atoms with Crippen molar-refractivity contribution in [1.29, 1.82) is 0 Å². The molecule has 2 aromatic carbocycles. The Balaban J connectivity index is 0.00000200. The summed E-state index contributed by atoms with van der Waals surface area (Å²) >= 11 is 3.43. The van der Waals surface area contributed by atoms with E-state index < -0.39 is 0 Å². The number of nitrogens with one attached hydrogen (secondary N) is 1. The molecule has 0 spiro atoms. The topological polar surface area (TPSA) is 21.3 Å². The molecule has 0 saturated heterocycles. The second-order valence-electron chi connectivity index (χ2n) is 4.16. The molecule has 0 aromatic heterocycles. The van der Waals surface area contributed by atoms with Crippen LogP contribution in [0.1, 0.15) is 11.1 Å². The van der Waals surface area contributed by atoms with Crippen LogP contribution in [-0.2, 0) is 13.2 Å². The van der Waals surface area contributed by atoms with Crippen LogP contribution < -0.4 is 10.1 Å². The van der Waals surface area contributed by atoms with E-state index in [4.69, 9.17) is 4.74 Å². The van der Waals surface area contributed by atoms with Crippen molar-refractivity contribution in [3.05, 3.63) is 63.9 Å². The molecule has 0 bridgehead atoms. The largest absolute Gasteiger partial charge is 0.488 e. The van der Waals surface area contributed by atoms with Gasteiger partial charge in [0.15, 0.2) is 0 Å². The van der Waals surface area contributed by atoms with Crippen molar-refractivity contribution in [2.75, 3.05) is 7.05 Å². The van der Waals surface area contributed by atoms with Gasteiger partial charge >= 0.3 is 0 Å². The third-order valence-corrected chi connectivity index (χ3v) is 3.22. The van der Waals surface area contributed by atoms with Crippen molar-refractivity contribution in [1.82, 2.24) is 5.32 Å². The highest BCUT2D eigenvalue weighted by molar-refractivity contribution is 9.10. The molecular formula is C15H16BrClFNO. The number of benzene rings is 2.